The molecule has 0 fully saturated rings. The molecule has 5 heteroatoms. The Morgan fingerprint density at radius 2 is 2.25 bits per heavy atom. The van der Waals surface area contributed by atoms with Gasteiger partial charge in [0, 0.05) is 18.3 Å². The molecule has 20 heavy (non-hydrogen) atoms. The number of pyridine rings is 1. The van der Waals surface area contributed by atoms with E-state index in [2.05, 4.69) is 28.4 Å². The number of hydrogen-bond acceptors (Lipinski definition) is 4. The van der Waals surface area contributed by atoms with E-state index in [1.54, 1.807) is 18.3 Å². The van der Waals surface area contributed by atoms with Gasteiger partial charge in [0.2, 0.25) is 0 Å². The lowest BCUT2D eigenvalue weighted by Crippen LogP contribution is -2.25. The molecule has 0 radical (unpaired) electrons. The molecule has 3 N–H and O–H groups in total. The molecular weight excluding hydrogens is 270 g/mol. The van der Waals surface area contributed by atoms with Crippen LogP contribution in [0.5, 0.6) is 0 Å². The number of carbonyl (C=O) groups is 1. The maximum atomic E-state index is 11.8. The van der Waals surface area contributed by atoms with Crippen LogP contribution < -0.4 is 11.1 Å². The first kappa shape index (κ1) is 16.5. The van der Waals surface area contributed by atoms with Gasteiger partial charge in [-0.15, -0.1) is 0 Å². The van der Waals surface area contributed by atoms with Gasteiger partial charge in [-0.25, -0.2) is 4.98 Å². The third-order valence-corrected chi connectivity index (χ3v) is 3.34. The van der Waals surface area contributed by atoms with Gasteiger partial charge in [-0.3, -0.25) is 4.79 Å². The number of nitrogens with one attached hydrogen (secondary N) is 1. The highest BCUT2D eigenvalue weighted by Crippen LogP contribution is 2.02. The second-order valence-corrected chi connectivity index (χ2v) is 5.23. The van der Waals surface area contributed by atoms with Crippen LogP contribution in [0.3, 0.4) is 0 Å². The van der Waals surface area contributed by atoms with E-state index in [1.807, 2.05) is 11.8 Å². The number of amides is 1. The van der Waals surface area contributed by atoms with Crippen LogP contribution >= 0.6 is 11.8 Å². The number of rotatable bonds is 7. The van der Waals surface area contributed by atoms with Gasteiger partial charge in [-0.2, -0.15) is 11.8 Å². The lowest BCUT2D eigenvalue weighted by Gasteiger charge is -2.04. The van der Waals surface area contributed by atoms with E-state index in [0.717, 1.165) is 18.4 Å². The van der Waals surface area contributed by atoms with Crippen molar-refractivity contribution in [3.05, 3.63) is 29.6 Å². The number of aromatic nitrogens is 1. The van der Waals surface area contributed by atoms with Gasteiger partial charge in [0.25, 0.3) is 5.91 Å². The number of thioether (sulfide) groups is 1. The minimum Gasteiger partial charge on any atom is -0.351 e. The predicted octanol–water partition coefficient (Wildman–Crippen LogP) is 1.65. The highest BCUT2D eigenvalue weighted by atomic mass is 32.2. The average Bonchev–Trinajstić information content (AvgIpc) is 2.49. The molecule has 1 aromatic rings. The van der Waals surface area contributed by atoms with Crippen molar-refractivity contribution in [2.45, 2.75) is 19.3 Å². The van der Waals surface area contributed by atoms with Crippen molar-refractivity contribution in [3.63, 3.8) is 0 Å². The van der Waals surface area contributed by atoms with Gasteiger partial charge in [-0.1, -0.05) is 18.3 Å². The summed E-state index contributed by atoms with van der Waals surface area (Å²) in [4.78, 5) is 15.9. The summed E-state index contributed by atoms with van der Waals surface area (Å²) in [7, 11) is 0. The van der Waals surface area contributed by atoms with Crippen molar-refractivity contribution in [1.82, 2.24) is 10.3 Å². The zero-order valence-electron chi connectivity index (χ0n) is 11.8. The topological polar surface area (TPSA) is 68.0 Å². The van der Waals surface area contributed by atoms with Crippen molar-refractivity contribution < 1.29 is 4.79 Å². The van der Waals surface area contributed by atoms with Crippen LogP contribution in [0.25, 0.3) is 0 Å². The summed E-state index contributed by atoms with van der Waals surface area (Å²) >= 11 is 1.85. The quantitative estimate of drug-likeness (QED) is 0.592. The van der Waals surface area contributed by atoms with Crippen LogP contribution in [0.4, 0.5) is 0 Å². The fourth-order valence-corrected chi connectivity index (χ4v) is 2.09. The maximum absolute atomic E-state index is 11.8. The summed E-state index contributed by atoms with van der Waals surface area (Å²) in [5.74, 6) is 6.67. The number of hydrogen-bond donors (Lipinski definition) is 2. The van der Waals surface area contributed by atoms with Crippen molar-refractivity contribution in [2.24, 2.45) is 5.73 Å². The predicted molar refractivity (Wildman–Crippen MR) is 84.7 cm³/mol. The molecule has 1 amide bonds. The highest BCUT2D eigenvalue weighted by Gasteiger charge is 2.05. The third-order valence-electron chi connectivity index (χ3n) is 2.64. The standard InChI is InChI=1S/C15H21N3OS/c1-20-11-4-2-3-10-17-15(19)14-8-7-13(12-18-14)6-5-9-16/h7-8,12H,2-4,9-11,16H2,1H3,(H,17,19). The molecule has 0 saturated carbocycles. The molecule has 4 nitrogen and oxygen atoms in total. The van der Waals surface area contributed by atoms with Gasteiger partial charge in [0.1, 0.15) is 5.69 Å². The Bertz CT molecular complexity index is 462. The third kappa shape index (κ3) is 6.60. The monoisotopic (exact) mass is 291 g/mol. The fraction of sp³-hybridized carbons (Fsp3) is 0.467. The zero-order chi connectivity index (χ0) is 14.6. The smallest absolute Gasteiger partial charge is 0.269 e. The van der Waals surface area contributed by atoms with E-state index in [0.29, 0.717) is 18.8 Å². The summed E-state index contributed by atoms with van der Waals surface area (Å²) in [6, 6.07) is 3.46. The molecule has 0 atom stereocenters. The molecule has 1 rings (SSSR count). The van der Waals surface area contributed by atoms with E-state index < -0.39 is 0 Å². The molecule has 0 saturated heterocycles. The van der Waals surface area contributed by atoms with Crippen LogP contribution in [-0.4, -0.2) is 36.0 Å². The van der Waals surface area contributed by atoms with Crippen LogP contribution in [0, 0.1) is 11.8 Å². The molecule has 0 spiro atoms. The van der Waals surface area contributed by atoms with Gasteiger partial charge >= 0.3 is 0 Å². The van der Waals surface area contributed by atoms with Gasteiger partial charge in [0.05, 0.1) is 6.54 Å². The van der Waals surface area contributed by atoms with E-state index in [1.165, 1.54) is 12.2 Å². The largest absolute Gasteiger partial charge is 0.351 e. The summed E-state index contributed by atoms with van der Waals surface area (Å²) in [5, 5.41) is 2.87. The molecule has 108 valence electrons. The molecule has 0 bridgehead atoms. The lowest BCUT2D eigenvalue weighted by molar-refractivity contribution is 0.0948. The summed E-state index contributed by atoms with van der Waals surface area (Å²) in [6.45, 7) is 1.02. The second kappa shape index (κ2) is 10.3. The van der Waals surface area contributed by atoms with Crippen LogP contribution in [-0.2, 0) is 0 Å². The molecule has 1 aromatic heterocycles. The number of carbonyl (C=O) groups excluding carboxylic acids is 1. The molecule has 0 unspecified atom stereocenters. The van der Waals surface area contributed by atoms with Crippen LogP contribution in [0.15, 0.2) is 18.3 Å². The molecule has 0 aromatic carbocycles. The van der Waals surface area contributed by atoms with Crippen molar-refractivity contribution in [3.8, 4) is 11.8 Å². The first-order chi connectivity index (χ1) is 9.77. The van der Waals surface area contributed by atoms with Crippen molar-refractivity contribution in [2.75, 3.05) is 25.1 Å². The normalized spacial score (nSPS) is 9.70. The van der Waals surface area contributed by atoms with E-state index in [4.69, 9.17) is 5.73 Å². The summed E-state index contributed by atoms with van der Waals surface area (Å²) in [5.41, 5.74) is 6.48. The Morgan fingerprint density at radius 1 is 1.40 bits per heavy atom. The van der Waals surface area contributed by atoms with Crippen molar-refractivity contribution >= 4 is 17.7 Å². The number of nitrogens with zero attached hydrogens (tertiary/aromatic N) is 1. The first-order valence-corrected chi connectivity index (χ1v) is 8.09. The van der Waals surface area contributed by atoms with E-state index in [9.17, 15) is 4.79 Å². The Labute approximate surface area is 124 Å². The highest BCUT2D eigenvalue weighted by molar-refractivity contribution is 7.98. The maximum Gasteiger partial charge on any atom is 0.269 e. The van der Waals surface area contributed by atoms with Gasteiger partial charge in [0.15, 0.2) is 0 Å². The molecule has 0 aliphatic rings. The van der Waals surface area contributed by atoms with Gasteiger partial charge < -0.3 is 11.1 Å². The zero-order valence-corrected chi connectivity index (χ0v) is 12.6. The summed E-state index contributed by atoms with van der Waals surface area (Å²) in [6.07, 6.45) is 7.05. The number of nitrogens with two attached hydrogens (primary N) is 1. The van der Waals surface area contributed by atoms with Crippen molar-refractivity contribution in [1.29, 1.82) is 0 Å². The first-order valence-electron chi connectivity index (χ1n) is 6.70. The van der Waals surface area contributed by atoms with Gasteiger partial charge in [-0.05, 0) is 37.0 Å². The minimum absolute atomic E-state index is 0.131. The van der Waals surface area contributed by atoms with E-state index in [-0.39, 0.29) is 5.91 Å². The fourth-order valence-electron chi connectivity index (χ4n) is 1.60. The second-order valence-electron chi connectivity index (χ2n) is 4.25. The Hall–Kier alpha value is -1.51. The molecule has 1 heterocycles. The SMILES string of the molecule is CSCCCCCNC(=O)c1ccc(C#CCN)cn1. The average molecular weight is 291 g/mol. The molecular formula is C15H21N3OS. The Morgan fingerprint density at radius 3 is 2.90 bits per heavy atom. The lowest BCUT2D eigenvalue weighted by atomic mass is 10.2. The minimum atomic E-state index is -0.131. The molecule has 0 aliphatic heterocycles. The van der Waals surface area contributed by atoms with E-state index >= 15 is 0 Å². The molecule has 0 aliphatic carbocycles. The Kier molecular flexibility index (Phi) is 8.52. The summed E-state index contributed by atoms with van der Waals surface area (Å²) < 4.78 is 0. The van der Waals surface area contributed by atoms with Crippen LogP contribution in [0.1, 0.15) is 35.3 Å². The van der Waals surface area contributed by atoms with Crippen LogP contribution in [0.2, 0.25) is 0 Å². The number of unbranched alkanes of at least 4 members (excludes halogenated alkanes) is 2. The Balaban J connectivity index is 2.32.